The fourth-order valence-corrected chi connectivity index (χ4v) is 2.32. The van der Waals surface area contributed by atoms with E-state index in [-0.39, 0.29) is 5.54 Å². The molecule has 0 unspecified atom stereocenters. The Morgan fingerprint density at radius 2 is 1.81 bits per heavy atom. The molecule has 2 rings (SSSR count). The molecule has 2 nitrogen and oxygen atoms in total. The second-order valence-corrected chi connectivity index (χ2v) is 5.64. The molecule has 0 aliphatic heterocycles. The van der Waals surface area contributed by atoms with Gasteiger partial charge in [-0.3, -0.25) is 0 Å². The maximum atomic E-state index is 4.57. The summed E-state index contributed by atoms with van der Waals surface area (Å²) in [6, 6.07) is 10.2. The van der Waals surface area contributed by atoms with E-state index in [0.717, 1.165) is 10.8 Å². The molecule has 0 aliphatic carbocycles. The highest BCUT2D eigenvalue weighted by Gasteiger charge is 2.12. The molecule has 0 aliphatic rings. The molecule has 84 valence electrons. The van der Waals surface area contributed by atoms with Crippen molar-refractivity contribution in [2.24, 2.45) is 0 Å². The van der Waals surface area contributed by atoms with Crippen LogP contribution in [0.5, 0.6) is 0 Å². The molecular formula is C13H16N2S. The zero-order valence-electron chi connectivity index (χ0n) is 9.82. The second kappa shape index (κ2) is 4.26. The molecule has 0 bridgehead atoms. The smallest absolute Gasteiger partial charge is 0.183 e. The highest BCUT2D eigenvalue weighted by molar-refractivity contribution is 7.14. The van der Waals surface area contributed by atoms with Crippen LogP contribution in [0.1, 0.15) is 20.8 Å². The summed E-state index contributed by atoms with van der Waals surface area (Å²) in [5, 5.41) is 6.44. The first kappa shape index (κ1) is 11.1. The van der Waals surface area contributed by atoms with E-state index in [1.54, 1.807) is 11.3 Å². The lowest BCUT2D eigenvalue weighted by molar-refractivity contribution is 0.633. The second-order valence-electron chi connectivity index (χ2n) is 4.78. The van der Waals surface area contributed by atoms with Crippen molar-refractivity contribution in [2.75, 3.05) is 5.32 Å². The van der Waals surface area contributed by atoms with Crippen molar-refractivity contribution in [1.82, 2.24) is 4.98 Å². The molecule has 3 heteroatoms. The van der Waals surface area contributed by atoms with Gasteiger partial charge in [0.05, 0.1) is 5.69 Å². The van der Waals surface area contributed by atoms with Crippen LogP contribution >= 0.6 is 11.3 Å². The maximum absolute atomic E-state index is 4.57. The third-order valence-electron chi connectivity index (χ3n) is 2.06. The Hall–Kier alpha value is -1.35. The topological polar surface area (TPSA) is 24.9 Å². The monoisotopic (exact) mass is 232 g/mol. The van der Waals surface area contributed by atoms with Gasteiger partial charge in [0.2, 0.25) is 0 Å². The number of rotatable bonds is 2. The molecule has 0 radical (unpaired) electrons. The zero-order valence-corrected chi connectivity index (χ0v) is 10.6. The minimum atomic E-state index is 0.0613. The van der Waals surface area contributed by atoms with Gasteiger partial charge in [-0.15, -0.1) is 11.3 Å². The predicted octanol–water partition coefficient (Wildman–Crippen LogP) is 4.02. The van der Waals surface area contributed by atoms with E-state index >= 15 is 0 Å². The summed E-state index contributed by atoms with van der Waals surface area (Å²) in [7, 11) is 0. The van der Waals surface area contributed by atoms with Crippen molar-refractivity contribution in [3.05, 3.63) is 35.7 Å². The molecule has 2 aromatic rings. The van der Waals surface area contributed by atoms with Crippen LogP contribution in [0.15, 0.2) is 35.7 Å². The summed E-state index contributed by atoms with van der Waals surface area (Å²) in [4.78, 5) is 4.57. The van der Waals surface area contributed by atoms with Crippen LogP contribution in [0.4, 0.5) is 5.13 Å². The molecule has 0 atom stereocenters. The van der Waals surface area contributed by atoms with E-state index in [0.29, 0.717) is 0 Å². The molecule has 0 saturated heterocycles. The largest absolute Gasteiger partial charge is 0.357 e. The summed E-state index contributed by atoms with van der Waals surface area (Å²) in [6.45, 7) is 6.41. The SMILES string of the molecule is CC(C)(C)Nc1nc(-c2ccccc2)cs1. The standard InChI is InChI=1S/C13H16N2S/c1-13(2,3)15-12-14-11(9-16-12)10-7-5-4-6-8-10/h4-9H,1-3H3,(H,14,15). The molecule has 1 N–H and O–H groups in total. The Morgan fingerprint density at radius 1 is 1.12 bits per heavy atom. The van der Waals surface area contributed by atoms with Gasteiger partial charge in [-0.05, 0) is 20.8 Å². The number of thiazole rings is 1. The summed E-state index contributed by atoms with van der Waals surface area (Å²) in [5.74, 6) is 0. The molecule has 0 amide bonds. The van der Waals surface area contributed by atoms with Gasteiger partial charge in [0.15, 0.2) is 5.13 Å². The lowest BCUT2D eigenvalue weighted by Crippen LogP contribution is -2.25. The van der Waals surface area contributed by atoms with Crippen molar-refractivity contribution in [1.29, 1.82) is 0 Å². The molecule has 0 fully saturated rings. The van der Waals surface area contributed by atoms with Crippen molar-refractivity contribution in [2.45, 2.75) is 26.3 Å². The van der Waals surface area contributed by atoms with E-state index in [2.05, 4.69) is 48.6 Å². The van der Waals surface area contributed by atoms with Crippen LogP contribution in [0, 0.1) is 0 Å². The Labute approximate surface area is 100 Å². The van der Waals surface area contributed by atoms with Crippen LogP contribution < -0.4 is 5.32 Å². The molecule has 0 saturated carbocycles. The summed E-state index contributed by atoms with van der Waals surface area (Å²) in [5.41, 5.74) is 2.27. The Kier molecular flexibility index (Phi) is 2.97. The van der Waals surface area contributed by atoms with Crippen molar-refractivity contribution < 1.29 is 0 Å². The Bertz CT molecular complexity index is 454. The molecule has 1 aromatic carbocycles. The predicted molar refractivity (Wildman–Crippen MR) is 70.9 cm³/mol. The maximum Gasteiger partial charge on any atom is 0.183 e. The first-order valence-corrected chi connectivity index (χ1v) is 6.22. The van der Waals surface area contributed by atoms with Gasteiger partial charge in [-0.2, -0.15) is 0 Å². The first-order chi connectivity index (χ1) is 7.54. The van der Waals surface area contributed by atoms with Crippen LogP contribution in [0.25, 0.3) is 11.3 Å². The normalized spacial score (nSPS) is 11.4. The van der Waals surface area contributed by atoms with Gasteiger partial charge < -0.3 is 5.32 Å². The zero-order chi connectivity index (χ0) is 11.6. The average molecular weight is 232 g/mol. The summed E-state index contributed by atoms with van der Waals surface area (Å²) >= 11 is 1.65. The summed E-state index contributed by atoms with van der Waals surface area (Å²) in [6.07, 6.45) is 0. The first-order valence-electron chi connectivity index (χ1n) is 5.34. The third-order valence-corrected chi connectivity index (χ3v) is 2.81. The Balaban J connectivity index is 2.21. The minimum absolute atomic E-state index is 0.0613. The van der Waals surface area contributed by atoms with Crippen LogP contribution in [0.2, 0.25) is 0 Å². The van der Waals surface area contributed by atoms with Crippen molar-refractivity contribution in [3.8, 4) is 11.3 Å². The number of anilines is 1. The number of nitrogens with one attached hydrogen (secondary N) is 1. The van der Waals surface area contributed by atoms with E-state index in [4.69, 9.17) is 0 Å². The van der Waals surface area contributed by atoms with Gasteiger partial charge in [-0.1, -0.05) is 30.3 Å². The van der Waals surface area contributed by atoms with Gasteiger partial charge in [-0.25, -0.2) is 4.98 Å². The number of hydrogen-bond acceptors (Lipinski definition) is 3. The highest BCUT2D eigenvalue weighted by Crippen LogP contribution is 2.26. The van der Waals surface area contributed by atoms with Crippen molar-refractivity contribution in [3.63, 3.8) is 0 Å². The van der Waals surface area contributed by atoms with E-state index in [9.17, 15) is 0 Å². The van der Waals surface area contributed by atoms with Gasteiger partial charge in [0.25, 0.3) is 0 Å². The molecular weight excluding hydrogens is 216 g/mol. The number of aromatic nitrogens is 1. The van der Waals surface area contributed by atoms with Crippen LogP contribution in [-0.4, -0.2) is 10.5 Å². The van der Waals surface area contributed by atoms with E-state index < -0.39 is 0 Å². The number of benzene rings is 1. The molecule has 16 heavy (non-hydrogen) atoms. The fourth-order valence-electron chi connectivity index (χ4n) is 1.39. The Morgan fingerprint density at radius 3 is 2.44 bits per heavy atom. The van der Waals surface area contributed by atoms with Crippen LogP contribution in [-0.2, 0) is 0 Å². The molecule has 1 heterocycles. The van der Waals surface area contributed by atoms with E-state index in [1.165, 1.54) is 5.56 Å². The number of nitrogens with zero attached hydrogens (tertiary/aromatic N) is 1. The van der Waals surface area contributed by atoms with Crippen molar-refractivity contribution >= 4 is 16.5 Å². The molecule has 0 spiro atoms. The highest BCUT2D eigenvalue weighted by atomic mass is 32.1. The van der Waals surface area contributed by atoms with Gasteiger partial charge >= 0.3 is 0 Å². The van der Waals surface area contributed by atoms with Gasteiger partial charge in [0.1, 0.15) is 0 Å². The van der Waals surface area contributed by atoms with E-state index in [1.807, 2.05) is 18.2 Å². The third kappa shape index (κ3) is 2.83. The fraction of sp³-hybridized carbons (Fsp3) is 0.308. The number of hydrogen-bond donors (Lipinski definition) is 1. The van der Waals surface area contributed by atoms with Crippen LogP contribution in [0.3, 0.4) is 0 Å². The quantitative estimate of drug-likeness (QED) is 0.846. The lowest BCUT2D eigenvalue weighted by atomic mass is 10.1. The summed E-state index contributed by atoms with van der Waals surface area (Å²) < 4.78 is 0. The average Bonchev–Trinajstić information content (AvgIpc) is 2.65. The minimum Gasteiger partial charge on any atom is -0.357 e. The lowest BCUT2D eigenvalue weighted by Gasteiger charge is -2.19. The van der Waals surface area contributed by atoms with Gasteiger partial charge in [0, 0.05) is 16.5 Å². The molecule has 1 aromatic heterocycles.